The van der Waals surface area contributed by atoms with Gasteiger partial charge in [-0.05, 0) is 43.5 Å². The van der Waals surface area contributed by atoms with E-state index in [1.165, 1.54) is 17.1 Å². The highest BCUT2D eigenvalue weighted by atomic mass is 32.2. The van der Waals surface area contributed by atoms with E-state index in [0.717, 1.165) is 18.5 Å². The number of hydrogen-bond acceptors (Lipinski definition) is 4. The van der Waals surface area contributed by atoms with E-state index in [2.05, 4.69) is 19.1 Å². The summed E-state index contributed by atoms with van der Waals surface area (Å²) in [6, 6.07) is 8.50. The van der Waals surface area contributed by atoms with Gasteiger partial charge in [0.1, 0.15) is 0 Å². The monoisotopic (exact) mass is 322 g/mol. The summed E-state index contributed by atoms with van der Waals surface area (Å²) in [5, 5.41) is 0. The van der Waals surface area contributed by atoms with Crippen LogP contribution in [0.4, 0.5) is 0 Å². The van der Waals surface area contributed by atoms with Crippen LogP contribution in [0.3, 0.4) is 0 Å². The Balaban J connectivity index is 1.70. The fourth-order valence-corrected chi connectivity index (χ4v) is 5.96. The molecular formula is C16H22N2OS2. The number of nitrogens with zero attached hydrogens (tertiary/aromatic N) is 1. The van der Waals surface area contributed by atoms with E-state index in [4.69, 9.17) is 5.73 Å². The average Bonchev–Trinajstić information content (AvgIpc) is 3.16. The fourth-order valence-electron chi connectivity index (χ4n) is 3.10. The molecule has 2 N–H and O–H groups in total. The van der Waals surface area contributed by atoms with Crippen molar-refractivity contribution in [3.8, 4) is 0 Å². The Kier molecular flexibility index (Phi) is 4.82. The first-order valence-electron chi connectivity index (χ1n) is 7.53. The van der Waals surface area contributed by atoms with Gasteiger partial charge in [0.05, 0.1) is 4.58 Å². The van der Waals surface area contributed by atoms with Gasteiger partial charge < -0.3 is 10.6 Å². The Labute approximate surface area is 135 Å². The van der Waals surface area contributed by atoms with Crippen LogP contribution in [0.5, 0.6) is 0 Å². The average molecular weight is 322 g/mol. The van der Waals surface area contributed by atoms with Gasteiger partial charge in [0.25, 0.3) is 5.91 Å². The molecule has 2 fully saturated rings. The summed E-state index contributed by atoms with van der Waals surface area (Å²) in [4.78, 5) is 14.6. The highest BCUT2D eigenvalue weighted by Crippen LogP contribution is 2.45. The lowest BCUT2D eigenvalue weighted by Gasteiger charge is -2.22. The number of likely N-dealkylation sites (tertiary alicyclic amines) is 1. The van der Waals surface area contributed by atoms with Gasteiger partial charge >= 0.3 is 0 Å². The van der Waals surface area contributed by atoms with Gasteiger partial charge in [-0.25, -0.2) is 0 Å². The van der Waals surface area contributed by atoms with Gasteiger partial charge in [0.2, 0.25) is 0 Å². The molecule has 3 rings (SSSR count). The predicted molar refractivity (Wildman–Crippen MR) is 91.8 cm³/mol. The molecule has 2 saturated heterocycles. The molecule has 0 radical (unpaired) electrons. The lowest BCUT2D eigenvalue weighted by Crippen LogP contribution is -2.34. The van der Waals surface area contributed by atoms with Crippen LogP contribution in [0.25, 0.3) is 0 Å². The van der Waals surface area contributed by atoms with Crippen LogP contribution in [-0.2, 0) is 0 Å². The molecule has 0 aliphatic carbocycles. The van der Waals surface area contributed by atoms with Gasteiger partial charge in [0, 0.05) is 29.7 Å². The fraction of sp³-hybridized carbons (Fsp3) is 0.562. The maximum atomic E-state index is 12.6. The SMILES string of the molecule is CC1CC(CN)CN1C(=O)c1ccc(C2SCCS2)cc1. The third-order valence-corrected chi connectivity index (χ3v) is 7.41. The summed E-state index contributed by atoms with van der Waals surface area (Å²) in [7, 11) is 0. The van der Waals surface area contributed by atoms with Gasteiger partial charge in [0.15, 0.2) is 0 Å². The number of carbonyl (C=O) groups is 1. The molecule has 0 bridgehead atoms. The highest BCUT2D eigenvalue weighted by molar-refractivity contribution is 8.19. The molecule has 2 heterocycles. The van der Waals surface area contributed by atoms with Crippen molar-refractivity contribution >= 4 is 29.4 Å². The van der Waals surface area contributed by atoms with Crippen molar-refractivity contribution < 1.29 is 4.79 Å². The molecule has 2 aliphatic heterocycles. The Morgan fingerprint density at radius 2 is 1.95 bits per heavy atom. The largest absolute Gasteiger partial charge is 0.336 e. The number of rotatable bonds is 3. The molecule has 1 aromatic rings. The summed E-state index contributed by atoms with van der Waals surface area (Å²) in [5.74, 6) is 3.05. The lowest BCUT2D eigenvalue weighted by molar-refractivity contribution is 0.0743. The Morgan fingerprint density at radius 3 is 2.52 bits per heavy atom. The van der Waals surface area contributed by atoms with Gasteiger partial charge in [-0.3, -0.25) is 4.79 Å². The zero-order valence-electron chi connectivity index (χ0n) is 12.3. The molecule has 2 unspecified atom stereocenters. The topological polar surface area (TPSA) is 46.3 Å². The molecule has 1 amide bonds. The standard InChI is InChI=1S/C16H22N2OS2/c1-11-8-12(9-17)10-18(11)15(19)13-2-4-14(5-3-13)16-20-6-7-21-16/h2-5,11-12,16H,6-10,17H2,1H3. The van der Waals surface area contributed by atoms with E-state index in [-0.39, 0.29) is 5.91 Å². The van der Waals surface area contributed by atoms with E-state index in [1.807, 2.05) is 40.6 Å². The van der Waals surface area contributed by atoms with Crippen molar-refractivity contribution in [2.45, 2.75) is 24.0 Å². The summed E-state index contributed by atoms with van der Waals surface area (Å²) in [6.45, 7) is 3.59. The van der Waals surface area contributed by atoms with Gasteiger partial charge in [-0.2, -0.15) is 0 Å². The van der Waals surface area contributed by atoms with Crippen LogP contribution in [0, 0.1) is 5.92 Å². The Morgan fingerprint density at radius 1 is 1.29 bits per heavy atom. The van der Waals surface area contributed by atoms with E-state index >= 15 is 0 Å². The summed E-state index contributed by atoms with van der Waals surface area (Å²) < 4.78 is 0.543. The third-order valence-electron chi connectivity index (χ3n) is 4.31. The minimum absolute atomic E-state index is 0.150. The van der Waals surface area contributed by atoms with Gasteiger partial charge in [-0.1, -0.05) is 12.1 Å². The van der Waals surface area contributed by atoms with Crippen molar-refractivity contribution in [1.29, 1.82) is 0 Å². The van der Waals surface area contributed by atoms with Crippen LogP contribution in [0.2, 0.25) is 0 Å². The molecule has 21 heavy (non-hydrogen) atoms. The van der Waals surface area contributed by atoms with Crippen LogP contribution < -0.4 is 5.73 Å². The smallest absolute Gasteiger partial charge is 0.254 e. The summed E-state index contributed by atoms with van der Waals surface area (Å²) >= 11 is 3.98. The number of thioether (sulfide) groups is 2. The number of hydrogen-bond donors (Lipinski definition) is 1. The number of benzene rings is 1. The van der Waals surface area contributed by atoms with E-state index in [1.54, 1.807) is 0 Å². The van der Waals surface area contributed by atoms with Gasteiger partial charge in [-0.15, -0.1) is 23.5 Å². The second-order valence-electron chi connectivity index (χ2n) is 5.84. The first-order valence-corrected chi connectivity index (χ1v) is 9.63. The normalized spacial score (nSPS) is 26.5. The van der Waals surface area contributed by atoms with E-state index < -0.39 is 0 Å². The first-order chi connectivity index (χ1) is 10.2. The molecule has 114 valence electrons. The second kappa shape index (κ2) is 6.63. The minimum atomic E-state index is 0.150. The number of nitrogens with two attached hydrogens (primary N) is 1. The highest BCUT2D eigenvalue weighted by Gasteiger charge is 2.32. The molecular weight excluding hydrogens is 300 g/mol. The molecule has 3 nitrogen and oxygen atoms in total. The summed E-state index contributed by atoms with van der Waals surface area (Å²) in [6.07, 6.45) is 1.02. The zero-order valence-corrected chi connectivity index (χ0v) is 14.0. The molecule has 1 aromatic carbocycles. The maximum Gasteiger partial charge on any atom is 0.254 e. The molecule has 0 spiro atoms. The van der Waals surface area contributed by atoms with Crippen molar-refractivity contribution in [2.75, 3.05) is 24.6 Å². The van der Waals surface area contributed by atoms with Crippen molar-refractivity contribution in [2.24, 2.45) is 11.7 Å². The van der Waals surface area contributed by atoms with Crippen LogP contribution in [0.15, 0.2) is 24.3 Å². The molecule has 2 aliphatic rings. The molecule has 2 atom stereocenters. The zero-order chi connectivity index (χ0) is 14.8. The maximum absolute atomic E-state index is 12.6. The molecule has 5 heteroatoms. The lowest BCUT2D eigenvalue weighted by atomic mass is 10.1. The van der Waals surface area contributed by atoms with Crippen LogP contribution in [-0.4, -0.2) is 41.4 Å². The quantitative estimate of drug-likeness (QED) is 0.929. The second-order valence-corrected chi connectivity index (χ2v) is 8.56. The third kappa shape index (κ3) is 3.25. The van der Waals surface area contributed by atoms with E-state index in [0.29, 0.717) is 23.1 Å². The Hall–Kier alpha value is -0.650. The molecule has 0 saturated carbocycles. The van der Waals surface area contributed by atoms with Crippen LogP contribution in [0.1, 0.15) is 33.8 Å². The van der Waals surface area contributed by atoms with E-state index in [9.17, 15) is 4.79 Å². The number of carbonyl (C=O) groups excluding carboxylic acids is 1. The van der Waals surface area contributed by atoms with Crippen molar-refractivity contribution in [1.82, 2.24) is 4.90 Å². The predicted octanol–water partition coefficient (Wildman–Crippen LogP) is 2.97. The first kappa shape index (κ1) is 15.3. The van der Waals surface area contributed by atoms with Crippen LogP contribution >= 0.6 is 23.5 Å². The summed E-state index contributed by atoms with van der Waals surface area (Å²) in [5.41, 5.74) is 7.87. The van der Waals surface area contributed by atoms with Crippen molar-refractivity contribution in [3.05, 3.63) is 35.4 Å². The van der Waals surface area contributed by atoms with Crippen molar-refractivity contribution in [3.63, 3.8) is 0 Å². The number of amides is 1. The Bertz CT molecular complexity index is 500. The minimum Gasteiger partial charge on any atom is -0.336 e. The molecule has 0 aromatic heterocycles.